The van der Waals surface area contributed by atoms with Crippen LogP contribution in [-0.2, 0) is 4.79 Å². The molecule has 5 nitrogen and oxygen atoms in total. The molecule has 2 aromatic carbocycles. The second-order valence-electron chi connectivity index (χ2n) is 6.19. The Labute approximate surface area is 161 Å². The van der Waals surface area contributed by atoms with Crippen molar-refractivity contribution in [1.82, 2.24) is 0 Å². The van der Waals surface area contributed by atoms with Crippen molar-refractivity contribution < 1.29 is 14.6 Å². The highest BCUT2D eigenvalue weighted by Crippen LogP contribution is 2.32. The van der Waals surface area contributed by atoms with Gasteiger partial charge in [-0.2, -0.15) is 0 Å². The molecule has 0 aliphatic heterocycles. The molecule has 0 aliphatic rings. The van der Waals surface area contributed by atoms with Crippen molar-refractivity contribution in [3.05, 3.63) is 59.7 Å². The lowest BCUT2D eigenvalue weighted by Crippen LogP contribution is -2.03. The number of benzene rings is 2. The van der Waals surface area contributed by atoms with E-state index in [0.717, 1.165) is 22.6 Å². The summed E-state index contributed by atoms with van der Waals surface area (Å²) in [4.78, 5) is 9.70. The number of hydrogen-bond donors (Lipinski definition) is 3. The number of carboxylic acid groups (broad SMARTS) is 1. The maximum absolute atomic E-state index is 9.70. The molecule has 0 aliphatic carbocycles. The van der Waals surface area contributed by atoms with Crippen LogP contribution >= 0.6 is 0 Å². The largest absolute Gasteiger partial charge is 0.481 e. The molecule has 0 spiro atoms. The SMILES string of the molecule is CC(C)C(=O)O.CC=Cc1cc(N)ccc1Oc1ccc(N)cc1C=CC. The Balaban J connectivity index is 0.000000527. The van der Waals surface area contributed by atoms with Gasteiger partial charge < -0.3 is 21.3 Å². The van der Waals surface area contributed by atoms with E-state index in [1.807, 2.05) is 74.5 Å². The lowest BCUT2D eigenvalue weighted by molar-refractivity contribution is -0.140. The van der Waals surface area contributed by atoms with E-state index in [0.29, 0.717) is 11.4 Å². The number of anilines is 2. The van der Waals surface area contributed by atoms with E-state index in [1.165, 1.54) is 0 Å². The Bertz CT molecular complexity index is 765. The van der Waals surface area contributed by atoms with Crippen LogP contribution in [0.15, 0.2) is 48.6 Å². The Morgan fingerprint density at radius 1 is 0.926 bits per heavy atom. The number of ether oxygens (including phenoxy) is 1. The van der Waals surface area contributed by atoms with Crippen LogP contribution in [-0.4, -0.2) is 11.1 Å². The fraction of sp³-hybridized carbons (Fsp3) is 0.227. The molecule has 0 fully saturated rings. The zero-order chi connectivity index (χ0) is 20.4. The summed E-state index contributed by atoms with van der Waals surface area (Å²) in [6.45, 7) is 7.20. The van der Waals surface area contributed by atoms with E-state index in [2.05, 4.69) is 0 Å². The van der Waals surface area contributed by atoms with Gasteiger partial charge in [-0.3, -0.25) is 4.79 Å². The Morgan fingerprint density at radius 2 is 1.30 bits per heavy atom. The zero-order valence-electron chi connectivity index (χ0n) is 16.3. The molecular weight excluding hydrogens is 340 g/mol. The highest BCUT2D eigenvalue weighted by atomic mass is 16.5. The van der Waals surface area contributed by atoms with Crippen molar-refractivity contribution in [3.8, 4) is 11.5 Å². The quantitative estimate of drug-likeness (QED) is 0.611. The first-order valence-corrected chi connectivity index (χ1v) is 8.73. The molecule has 0 atom stereocenters. The van der Waals surface area contributed by atoms with Crippen LogP contribution in [0.1, 0.15) is 38.8 Å². The van der Waals surface area contributed by atoms with E-state index < -0.39 is 5.97 Å². The van der Waals surface area contributed by atoms with Gasteiger partial charge in [-0.1, -0.05) is 38.2 Å². The number of nitrogen functional groups attached to an aromatic ring is 2. The number of carboxylic acids is 1. The summed E-state index contributed by atoms with van der Waals surface area (Å²) in [5.41, 5.74) is 15.0. The predicted octanol–water partition coefficient (Wildman–Crippen LogP) is 5.44. The van der Waals surface area contributed by atoms with E-state index in [-0.39, 0.29) is 5.92 Å². The number of allylic oxidation sites excluding steroid dienone is 2. The van der Waals surface area contributed by atoms with Gasteiger partial charge in [0.25, 0.3) is 0 Å². The molecule has 2 rings (SSSR count). The van der Waals surface area contributed by atoms with Crippen LogP contribution in [0, 0.1) is 5.92 Å². The minimum atomic E-state index is -0.741. The Morgan fingerprint density at radius 3 is 1.59 bits per heavy atom. The molecule has 0 bridgehead atoms. The average molecular weight is 368 g/mol. The summed E-state index contributed by atoms with van der Waals surface area (Å²) >= 11 is 0. The molecule has 0 amide bonds. The number of carbonyl (C=O) groups is 1. The van der Waals surface area contributed by atoms with Crippen molar-refractivity contribution in [2.75, 3.05) is 11.5 Å². The van der Waals surface area contributed by atoms with Crippen molar-refractivity contribution in [2.24, 2.45) is 5.92 Å². The van der Waals surface area contributed by atoms with Crippen molar-refractivity contribution in [3.63, 3.8) is 0 Å². The van der Waals surface area contributed by atoms with Gasteiger partial charge in [0.05, 0.1) is 5.92 Å². The maximum Gasteiger partial charge on any atom is 0.305 e. The Hall–Kier alpha value is -3.21. The smallest absolute Gasteiger partial charge is 0.305 e. The first-order chi connectivity index (χ1) is 12.8. The van der Waals surface area contributed by atoms with Crippen molar-refractivity contribution in [1.29, 1.82) is 0 Å². The van der Waals surface area contributed by atoms with Crippen LogP contribution < -0.4 is 16.2 Å². The minimum absolute atomic E-state index is 0.231. The minimum Gasteiger partial charge on any atom is -0.481 e. The second-order valence-corrected chi connectivity index (χ2v) is 6.19. The van der Waals surface area contributed by atoms with Crippen LogP contribution in [0.2, 0.25) is 0 Å². The van der Waals surface area contributed by atoms with Gasteiger partial charge in [-0.05, 0) is 50.2 Å². The van der Waals surface area contributed by atoms with Gasteiger partial charge in [-0.15, -0.1) is 0 Å². The molecule has 0 heterocycles. The molecule has 27 heavy (non-hydrogen) atoms. The molecule has 0 radical (unpaired) electrons. The van der Waals surface area contributed by atoms with E-state index in [9.17, 15) is 4.79 Å². The molecule has 0 unspecified atom stereocenters. The normalized spacial score (nSPS) is 10.9. The molecule has 144 valence electrons. The monoisotopic (exact) mass is 368 g/mol. The number of aliphatic carboxylic acids is 1. The Kier molecular flexibility index (Phi) is 8.66. The van der Waals surface area contributed by atoms with E-state index in [4.69, 9.17) is 21.3 Å². The molecular formula is C22H28N2O3. The summed E-state index contributed by atoms with van der Waals surface area (Å²) in [5.74, 6) is 0.552. The second kappa shape index (κ2) is 10.7. The number of rotatable bonds is 5. The third-order valence-electron chi connectivity index (χ3n) is 3.47. The number of hydrogen-bond acceptors (Lipinski definition) is 4. The van der Waals surface area contributed by atoms with E-state index in [1.54, 1.807) is 13.8 Å². The predicted molar refractivity (Wildman–Crippen MR) is 114 cm³/mol. The first kappa shape index (κ1) is 21.8. The van der Waals surface area contributed by atoms with Gasteiger partial charge in [0.2, 0.25) is 0 Å². The van der Waals surface area contributed by atoms with Crippen LogP contribution in [0.3, 0.4) is 0 Å². The lowest BCUT2D eigenvalue weighted by atomic mass is 10.1. The van der Waals surface area contributed by atoms with Crippen LogP contribution in [0.5, 0.6) is 11.5 Å². The molecule has 0 saturated heterocycles. The van der Waals surface area contributed by atoms with Gasteiger partial charge in [-0.25, -0.2) is 0 Å². The van der Waals surface area contributed by atoms with Crippen LogP contribution in [0.25, 0.3) is 12.2 Å². The van der Waals surface area contributed by atoms with Gasteiger partial charge >= 0.3 is 5.97 Å². The topological polar surface area (TPSA) is 98.6 Å². The van der Waals surface area contributed by atoms with Gasteiger partial charge in [0, 0.05) is 22.5 Å². The summed E-state index contributed by atoms with van der Waals surface area (Å²) in [5, 5.41) is 7.99. The molecule has 0 saturated carbocycles. The van der Waals surface area contributed by atoms with Gasteiger partial charge in [0.15, 0.2) is 0 Å². The third-order valence-corrected chi connectivity index (χ3v) is 3.47. The summed E-state index contributed by atoms with van der Waals surface area (Å²) in [7, 11) is 0. The zero-order valence-corrected chi connectivity index (χ0v) is 16.3. The maximum atomic E-state index is 9.70. The molecule has 5 heteroatoms. The molecule has 0 aromatic heterocycles. The van der Waals surface area contributed by atoms with Gasteiger partial charge in [0.1, 0.15) is 11.5 Å². The molecule has 2 aromatic rings. The molecule has 5 N–H and O–H groups in total. The summed E-state index contributed by atoms with van der Waals surface area (Å²) in [6, 6.07) is 11.2. The van der Waals surface area contributed by atoms with Crippen molar-refractivity contribution >= 4 is 29.5 Å². The fourth-order valence-corrected chi connectivity index (χ4v) is 2.06. The average Bonchev–Trinajstić information content (AvgIpc) is 2.60. The summed E-state index contributed by atoms with van der Waals surface area (Å²) in [6.07, 6.45) is 7.85. The van der Waals surface area contributed by atoms with Crippen LogP contribution in [0.4, 0.5) is 11.4 Å². The highest BCUT2D eigenvalue weighted by Gasteiger charge is 2.07. The fourth-order valence-electron chi connectivity index (χ4n) is 2.06. The first-order valence-electron chi connectivity index (χ1n) is 8.73. The van der Waals surface area contributed by atoms with Crippen molar-refractivity contribution in [2.45, 2.75) is 27.7 Å². The third kappa shape index (κ3) is 7.28. The van der Waals surface area contributed by atoms with E-state index >= 15 is 0 Å². The summed E-state index contributed by atoms with van der Waals surface area (Å²) < 4.78 is 6.04. The lowest BCUT2D eigenvalue weighted by Gasteiger charge is -2.12. The highest BCUT2D eigenvalue weighted by molar-refractivity contribution is 5.69. The number of nitrogens with two attached hydrogens (primary N) is 2. The standard InChI is InChI=1S/C18H20N2O.C4H8O2/c1-3-5-13-11-15(19)7-9-17(13)21-18-10-8-16(20)12-14(18)6-4-2;1-3(2)4(5)6/h3-12H,19-20H2,1-2H3;3H,1-2H3,(H,5,6).